The van der Waals surface area contributed by atoms with E-state index in [-0.39, 0.29) is 36.4 Å². The Morgan fingerprint density at radius 1 is 1.32 bits per heavy atom. The third-order valence-corrected chi connectivity index (χ3v) is 7.43. The summed E-state index contributed by atoms with van der Waals surface area (Å²) in [5.74, 6) is -1.20. The van der Waals surface area contributed by atoms with Crippen molar-refractivity contribution in [3.63, 3.8) is 0 Å². The van der Waals surface area contributed by atoms with Crippen LogP contribution in [0.25, 0.3) is 0 Å². The minimum Gasteiger partial charge on any atom is -0.391 e. The van der Waals surface area contributed by atoms with Crippen LogP contribution in [0.2, 0.25) is 0 Å². The van der Waals surface area contributed by atoms with Crippen LogP contribution in [0.1, 0.15) is 50.9 Å². The van der Waals surface area contributed by atoms with Crippen LogP contribution >= 0.6 is 0 Å². The van der Waals surface area contributed by atoms with E-state index in [1.54, 1.807) is 13.1 Å². The van der Waals surface area contributed by atoms with Crippen molar-refractivity contribution >= 4 is 17.3 Å². The van der Waals surface area contributed by atoms with Gasteiger partial charge in [-0.15, -0.1) is 0 Å². The summed E-state index contributed by atoms with van der Waals surface area (Å²) >= 11 is 0. The number of rotatable bonds is 8. The van der Waals surface area contributed by atoms with Crippen LogP contribution in [-0.4, -0.2) is 66.8 Å². The summed E-state index contributed by atoms with van der Waals surface area (Å²) in [4.78, 5) is 22.4. The van der Waals surface area contributed by atoms with E-state index >= 15 is 0 Å². The first-order chi connectivity index (χ1) is 18.0. The maximum Gasteiger partial charge on any atom is 0.241 e. The zero-order chi connectivity index (χ0) is 27.6. The molecule has 2 atom stereocenters. The standard InChI is InChI=1S/C29H38F2N6O/c1-18(32)8-22(33-5)11-24-13-34-19(2)15-36(24)16-28(38)37-17-29(3,4)25-14-35-23(12-27(25)37)9-20-6-7-21(30)10-26(20)31/h6-8,10,12,14,19,24,32-34H,9,11,13,15-17H2,1-5H3/b22-8-,32-18?/t19-,24+/m1/s1. The highest BCUT2D eigenvalue weighted by Gasteiger charge is 2.40. The Morgan fingerprint density at radius 3 is 2.76 bits per heavy atom. The van der Waals surface area contributed by atoms with Crippen molar-refractivity contribution in [1.82, 2.24) is 20.5 Å². The lowest BCUT2D eigenvalue weighted by Gasteiger charge is -2.40. The lowest BCUT2D eigenvalue weighted by atomic mass is 9.88. The molecule has 0 bridgehead atoms. The van der Waals surface area contributed by atoms with Crippen molar-refractivity contribution in [3.05, 3.63) is 70.7 Å². The monoisotopic (exact) mass is 524 g/mol. The Labute approximate surface area is 223 Å². The first kappa shape index (κ1) is 27.9. The van der Waals surface area contributed by atoms with Crippen LogP contribution in [0.3, 0.4) is 0 Å². The van der Waals surface area contributed by atoms with E-state index in [0.29, 0.717) is 29.9 Å². The fraction of sp³-hybridized carbons (Fsp3) is 0.483. The number of carbonyl (C=O) groups excluding carboxylic acids is 1. The molecule has 1 amide bonds. The molecule has 2 aromatic rings. The van der Waals surface area contributed by atoms with Gasteiger partial charge >= 0.3 is 0 Å². The number of hydrogen-bond donors (Lipinski definition) is 3. The molecule has 3 heterocycles. The number of carbonyl (C=O) groups is 1. The van der Waals surface area contributed by atoms with Gasteiger partial charge in [0.15, 0.2) is 0 Å². The fourth-order valence-corrected chi connectivity index (χ4v) is 5.41. The Morgan fingerprint density at radius 2 is 2.08 bits per heavy atom. The molecule has 1 saturated heterocycles. The van der Waals surface area contributed by atoms with Gasteiger partial charge in [0.05, 0.1) is 12.2 Å². The predicted octanol–water partition coefficient (Wildman–Crippen LogP) is 3.77. The average molecular weight is 525 g/mol. The molecule has 0 spiro atoms. The number of amides is 1. The second-order valence-corrected chi connectivity index (χ2v) is 11.2. The lowest BCUT2D eigenvalue weighted by Crippen LogP contribution is -2.58. The number of nitrogens with zero attached hydrogens (tertiary/aromatic N) is 3. The maximum atomic E-state index is 14.3. The highest BCUT2D eigenvalue weighted by molar-refractivity contribution is 5.97. The van der Waals surface area contributed by atoms with Crippen molar-refractivity contribution in [2.45, 2.75) is 58.0 Å². The molecule has 3 N–H and O–H groups in total. The van der Waals surface area contributed by atoms with Gasteiger partial charge in [-0.25, -0.2) is 8.78 Å². The van der Waals surface area contributed by atoms with Gasteiger partial charge in [0.1, 0.15) is 11.6 Å². The quantitative estimate of drug-likeness (QED) is 0.458. The lowest BCUT2D eigenvalue weighted by molar-refractivity contribution is -0.120. The summed E-state index contributed by atoms with van der Waals surface area (Å²) in [5.41, 5.74) is 3.97. The summed E-state index contributed by atoms with van der Waals surface area (Å²) in [7, 11) is 1.86. The number of anilines is 1. The van der Waals surface area contributed by atoms with Crippen LogP contribution < -0.4 is 15.5 Å². The number of nitrogens with one attached hydrogen (secondary N) is 3. The second kappa shape index (κ2) is 11.3. The molecule has 38 heavy (non-hydrogen) atoms. The van der Waals surface area contributed by atoms with Gasteiger partial charge in [-0.1, -0.05) is 19.9 Å². The molecule has 4 rings (SSSR count). The first-order valence-corrected chi connectivity index (χ1v) is 13.1. The van der Waals surface area contributed by atoms with Crippen molar-refractivity contribution in [2.75, 3.05) is 38.1 Å². The molecule has 1 aromatic heterocycles. The molecular weight excluding hydrogens is 486 g/mol. The van der Waals surface area contributed by atoms with Gasteiger partial charge in [-0.2, -0.15) is 0 Å². The predicted molar refractivity (Wildman–Crippen MR) is 147 cm³/mol. The molecule has 204 valence electrons. The van der Waals surface area contributed by atoms with E-state index in [4.69, 9.17) is 5.41 Å². The topological polar surface area (TPSA) is 84.3 Å². The molecule has 2 aliphatic heterocycles. The molecule has 1 fully saturated rings. The summed E-state index contributed by atoms with van der Waals surface area (Å²) in [6.07, 6.45) is 4.54. The molecule has 2 aliphatic rings. The number of fused-ring (bicyclic) bond motifs is 1. The molecule has 0 radical (unpaired) electrons. The summed E-state index contributed by atoms with van der Waals surface area (Å²) in [6, 6.07) is 5.80. The van der Waals surface area contributed by atoms with E-state index in [9.17, 15) is 13.6 Å². The number of piperazine rings is 1. The first-order valence-electron chi connectivity index (χ1n) is 13.1. The minimum absolute atomic E-state index is 0.0132. The van der Waals surface area contributed by atoms with Gasteiger partial charge in [0.25, 0.3) is 0 Å². The SMILES string of the molecule is CN/C(=C\C(C)=N)C[C@H]1CN[C@H](C)CN1CC(=O)N1CC(C)(C)c2cnc(Cc3ccc(F)cc3F)cc21. The summed E-state index contributed by atoms with van der Waals surface area (Å²) < 4.78 is 27.6. The Bertz CT molecular complexity index is 1240. The van der Waals surface area contributed by atoms with E-state index < -0.39 is 11.6 Å². The molecule has 1 aromatic carbocycles. The summed E-state index contributed by atoms with van der Waals surface area (Å²) in [5, 5.41) is 14.5. The van der Waals surface area contributed by atoms with E-state index in [1.807, 2.05) is 24.1 Å². The smallest absolute Gasteiger partial charge is 0.241 e. The van der Waals surface area contributed by atoms with Gasteiger partial charge in [-0.05, 0) is 37.6 Å². The van der Waals surface area contributed by atoms with Crippen LogP contribution in [0, 0.1) is 17.0 Å². The van der Waals surface area contributed by atoms with Crippen molar-refractivity contribution in [1.29, 1.82) is 5.41 Å². The maximum absolute atomic E-state index is 14.3. The number of hydrogen-bond acceptors (Lipinski definition) is 6. The van der Waals surface area contributed by atoms with E-state index in [2.05, 4.69) is 41.3 Å². The number of halogens is 2. The van der Waals surface area contributed by atoms with Crippen molar-refractivity contribution in [2.24, 2.45) is 0 Å². The van der Waals surface area contributed by atoms with Gasteiger partial charge in [-0.3, -0.25) is 14.7 Å². The van der Waals surface area contributed by atoms with E-state index in [1.165, 1.54) is 12.1 Å². The van der Waals surface area contributed by atoms with Crippen LogP contribution in [-0.2, 0) is 16.6 Å². The minimum atomic E-state index is -0.613. The van der Waals surface area contributed by atoms with Crippen molar-refractivity contribution in [3.8, 4) is 0 Å². The zero-order valence-corrected chi connectivity index (χ0v) is 22.9. The molecule has 0 saturated carbocycles. The highest BCUT2D eigenvalue weighted by Crippen LogP contribution is 2.40. The van der Waals surface area contributed by atoms with Gasteiger partial charge in [0, 0.05) is 92.0 Å². The Balaban J connectivity index is 1.56. The molecule has 0 unspecified atom stereocenters. The molecule has 9 heteroatoms. The zero-order valence-electron chi connectivity index (χ0n) is 22.9. The number of benzene rings is 1. The number of aromatic nitrogens is 1. The Kier molecular flexibility index (Phi) is 8.28. The number of pyridine rings is 1. The fourth-order valence-electron chi connectivity index (χ4n) is 5.41. The summed E-state index contributed by atoms with van der Waals surface area (Å²) in [6.45, 7) is 10.4. The third-order valence-electron chi connectivity index (χ3n) is 7.43. The van der Waals surface area contributed by atoms with Crippen LogP contribution in [0.5, 0.6) is 0 Å². The molecule has 7 nitrogen and oxygen atoms in total. The van der Waals surface area contributed by atoms with Gasteiger partial charge < -0.3 is 20.9 Å². The largest absolute Gasteiger partial charge is 0.391 e. The third kappa shape index (κ3) is 6.27. The molecular formula is C29H38F2N6O. The van der Waals surface area contributed by atoms with Crippen LogP contribution in [0.4, 0.5) is 14.5 Å². The highest BCUT2D eigenvalue weighted by atomic mass is 19.1. The number of allylic oxidation sites excluding steroid dienone is 1. The Hall–Kier alpha value is -3.17. The van der Waals surface area contributed by atoms with Crippen LogP contribution in [0.15, 0.2) is 42.2 Å². The van der Waals surface area contributed by atoms with Gasteiger partial charge in [0.2, 0.25) is 5.91 Å². The van der Waals surface area contributed by atoms with E-state index in [0.717, 1.165) is 36.1 Å². The molecule has 0 aliphatic carbocycles. The average Bonchev–Trinajstić information content (AvgIpc) is 3.12. The second-order valence-electron chi connectivity index (χ2n) is 11.2. The normalized spacial score (nSPS) is 21.3. The van der Waals surface area contributed by atoms with Crippen molar-refractivity contribution < 1.29 is 13.6 Å².